The van der Waals surface area contributed by atoms with Crippen LogP contribution in [-0.2, 0) is 6.42 Å². The molecule has 1 heterocycles. The van der Waals surface area contributed by atoms with Crippen molar-refractivity contribution in [2.75, 3.05) is 17.2 Å². The van der Waals surface area contributed by atoms with Gasteiger partial charge in [0.05, 0.1) is 11.6 Å². The van der Waals surface area contributed by atoms with Crippen molar-refractivity contribution in [2.45, 2.75) is 52.7 Å². The highest BCUT2D eigenvalue weighted by Gasteiger charge is 2.25. The lowest BCUT2D eigenvalue weighted by atomic mass is 9.98. The summed E-state index contributed by atoms with van der Waals surface area (Å²) in [7, 11) is 0. The van der Waals surface area contributed by atoms with Gasteiger partial charge in [-0.25, -0.2) is 9.97 Å². The smallest absolute Gasteiger partial charge is 0.135 e. The van der Waals surface area contributed by atoms with Gasteiger partial charge < -0.3 is 15.7 Å². The minimum Gasteiger partial charge on any atom is -0.391 e. The Labute approximate surface area is 109 Å². The fourth-order valence-electron chi connectivity index (χ4n) is 1.58. The molecule has 102 valence electrons. The van der Waals surface area contributed by atoms with Gasteiger partial charge in [0.2, 0.25) is 0 Å². The van der Waals surface area contributed by atoms with Crippen LogP contribution < -0.4 is 10.6 Å². The summed E-state index contributed by atoms with van der Waals surface area (Å²) in [6.45, 7) is 10.6. The highest BCUT2D eigenvalue weighted by molar-refractivity contribution is 5.58. The van der Waals surface area contributed by atoms with Crippen LogP contribution >= 0.6 is 0 Å². The van der Waals surface area contributed by atoms with Gasteiger partial charge in [-0.3, -0.25) is 0 Å². The van der Waals surface area contributed by atoms with E-state index in [9.17, 15) is 5.11 Å². The number of nitrogens with zero attached hydrogens (tertiary/aromatic N) is 2. The standard InChI is InChI=1S/C13H24N4O/c1-6-10-11(14-7-2)15-8-16-12(10)17-13(4,5)9(3)18/h8-9,18H,6-7H2,1-5H3,(H2,14,15,16,17). The molecule has 5 nitrogen and oxygen atoms in total. The van der Waals surface area contributed by atoms with Crippen LogP contribution in [0.3, 0.4) is 0 Å². The average molecular weight is 252 g/mol. The highest BCUT2D eigenvalue weighted by Crippen LogP contribution is 2.24. The molecule has 1 rings (SSSR count). The van der Waals surface area contributed by atoms with Crippen LogP contribution in [0.4, 0.5) is 11.6 Å². The molecule has 0 aromatic carbocycles. The first kappa shape index (κ1) is 14.7. The van der Waals surface area contributed by atoms with Gasteiger partial charge >= 0.3 is 0 Å². The summed E-state index contributed by atoms with van der Waals surface area (Å²) < 4.78 is 0. The number of anilines is 2. The van der Waals surface area contributed by atoms with Crippen molar-refractivity contribution in [2.24, 2.45) is 0 Å². The number of aliphatic hydroxyl groups excluding tert-OH is 1. The molecular formula is C13H24N4O. The zero-order valence-electron chi connectivity index (χ0n) is 11.9. The maximum atomic E-state index is 9.76. The second-order valence-corrected chi connectivity index (χ2v) is 4.96. The lowest BCUT2D eigenvalue weighted by Gasteiger charge is -2.31. The quantitative estimate of drug-likeness (QED) is 0.723. The van der Waals surface area contributed by atoms with E-state index in [-0.39, 0.29) is 0 Å². The van der Waals surface area contributed by atoms with Gasteiger partial charge in [-0.15, -0.1) is 0 Å². The van der Waals surface area contributed by atoms with E-state index < -0.39 is 11.6 Å². The Balaban J connectivity index is 3.05. The van der Waals surface area contributed by atoms with Crippen molar-refractivity contribution in [1.82, 2.24) is 9.97 Å². The SMILES string of the molecule is CCNc1ncnc(NC(C)(C)C(C)O)c1CC. The second-order valence-electron chi connectivity index (χ2n) is 4.96. The van der Waals surface area contributed by atoms with Crippen molar-refractivity contribution in [3.05, 3.63) is 11.9 Å². The summed E-state index contributed by atoms with van der Waals surface area (Å²) in [4.78, 5) is 8.54. The molecule has 1 unspecified atom stereocenters. The van der Waals surface area contributed by atoms with Crippen molar-refractivity contribution < 1.29 is 5.11 Å². The number of aromatic nitrogens is 2. The Morgan fingerprint density at radius 1 is 1.28 bits per heavy atom. The van der Waals surface area contributed by atoms with Crippen molar-refractivity contribution in [3.63, 3.8) is 0 Å². The Hall–Kier alpha value is -1.36. The first-order valence-corrected chi connectivity index (χ1v) is 6.46. The topological polar surface area (TPSA) is 70.1 Å². The van der Waals surface area contributed by atoms with Gasteiger partial charge in [-0.1, -0.05) is 6.92 Å². The van der Waals surface area contributed by atoms with E-state index in [2.05, 4.69) is 27.5 Å². The second kappa shape index (κ2) is 6.00. The minimum atomic E-state index is -0.472. The fourth-order valence-corrected chi connectivity index (χ4v) is 1.58. The Kier molecular flexibility index (Phi) is 4.90. The number of hydrogen-bond donors (Lipinski definition) is 3. The Morgan fingerprint density at radius 2 is 1.89 bits per heavy atom. The van der Waals surface area contributed by atoms with E-state index in [1.54, 1.807) is 6.92 Å². The van der Waals surface area contributed by atoms with Gasteiger partial charge in [0.25, 0.3) is 0 Å². The van der Waals surface area contributed by atoms with E-state index >= 15 is 0 Å². The fraction of sp³-hybridized carbons (Fsp3) is 0.692. The third-order valence-corrected chi connectivity index (χ3v) is 3.13. The predicted molar refractivity (Wildman–Crippen MR) is 75.0 cm³/mol. The van der Waals surface area contributed by atoms with Crippen LogP contribution in [0.5, 0.6) is 0 Å². The minimum absolute atomic E-state index is 0.429. The molecule has 0 saturated carbocycles. The maximum Gasteiger partial charge on any atom is 0.135 e. The van der Waals surface area contributed by atoms with Crippen LogP contribution in [0.2, 0.25) is 0 Å². The normalized spacial score (nSPS) is 13.2. The molecule has 0 aliphatic rings. The van der Waals surface area contributed by atoms with E-state index in [4.69, 9.17) is 0 Å². The van der Waals surface area contributed by atoms with E-state index in [1.165, 1.54) is 6.33 Å². The van der Waals surface area contributed by atoms with Crippen molar-refractivity contribution in [3.8, 4) is 0 Å². The molecule has 0 aliphatic carbocycles. The molecule has 18 heavy (non-hydrogen) atoms. The van der Waals surface area contributed by atoms with Gasteiger partial charge in [-0.2, -0.15) is 0 Å². The zero-order chi connectivity index (χ0) is 13.8. The average Bonchev–Trinajstić information content (AvgIpc) is 2.29. The molecular weight excluding hydrogens is 228 g/mol. The van der Waals surface area contributed by atoms with Gasteiger partial charge in [0, 0.05) is 12.1 Å². The van der Waals surface area contributed by atoms with E-state index in [1.807, 2.05) is 20.8 Å². The third kappa shape index (κ3) is 3.32. The predicted octanol–water partition coefficient (Wildman–Crippen LogP) is 2.04. The van der Waals surface area contributed by atoms with Crippen LogP contribution in [0.15, 0.2) is 6.33 Å². The molecule has 3 N–H and O–H groups in total. The molecule has 1 aromatic rings. The Bertz CT molecular complexity index is 391. The summed E-state index contributed by atoms with van der Waals surface area (Å²) in [5, 5.41) is 16.3. The highest BCUT2D eigenvalue weighted by atomic mass is 16.3. The van der Waals surface area contributed by atoms with Crippen molar-refractivity contribution >= 4 is 11.6 Å². The number of aliphatic hydroxyl groups is 1. The van der Waals surface area contributed by atoms with Crippen LogP contribution in [0.1, 0.15) is 40.2 Å². The monoisotopic (exact) mass is 252 g/mol. The molecule has 5 heteroatoms. The first-order valence-electron chi connectivity index (χ1n) is 6.46. The van der Waals surface area contributed by atoms with Gasteiger partial charge in [0.1, 0.15) is 18.0 Å². The van der Waals surface area contributed by atoms with Gasteiger partial charge in [-0.05, 0) is 34.1 Å². The molecule has 0 radical (unpaired) electrons. The molecule has 0 bridgehead atoms. The third-order valence-electron chi connectivity index (χ3n) is 3.13. The van der Waals surface area contributed by atoms with Crippen molar-refractivity contribution in [1.29, 1.82) is 0 Å². The van der Waals surface area contributed by atoms with E-state index in [0.717, 1.165) is 30.2 Å². The summed E-state index contributed by atoms with van der Waals surface area (Å²) in [5.41, 5.74) is 0.620. The molecule has 1 atom stereocenters. The first-order chi connectivity index (χ1) is 8.42. The molecule has 0 aliphatic heterocycles. The molecule has 0 fully saturated rings. The lowest BCUT2D eigenvalue weighted by Crippen LogP contribution is -2.42. The summed E-state index contributed by atoms with van der Waals surface area (Å²) in [5.74, 6) is 1.65. The van der Waals surface area contributed by atoms with Crippen LogP contribution in [0, 0.1) is 0 Å². The summed E-state index contributed by atoms with van der Waals surface area (Å²) in [6, 6.07) is 0. The maximum absolute atomic E-state index is 9.76. The molecule has 1 aromatic heterocycles. The number of rotatable bonds is 6. The lowest BCUT2D eigenvalue weighted by molar-refractivity contribution is 0.133. The zero-order valence-corrected chi connectivity index (χ0v) is 11.9. The van der Waals surface area contributed by atoms with Gasteiger partial charge in [0.15, 0.2) is 0 Å². The number of nitrogens with one attached hydrogen (secondary N) is 2. The van der Waals surface area contributed by atoms with Crippen LogP contribution in [0.25, 0.3) is 0 Å². The van der Waals surface area contributed by atoms with Crippen LogP contribution in [-0.4, -0.2) is 33.3 Å². The summed E-state index contributed by atoms with van der Waals surface area (Å²) in [6.07, 6.45) is 1.90. The van der Waals surface area contributed by atoms with E-state index in [0.29, 0.717) is 0 Å². The molecule has 0 spiro atoms. The summed E-state index contributed by atoms with van der Waals surface area (Å²) >= 11 is 0. The number of hydrogen-bond acceptors (Lipinski definition) is 5. The Morgan fingerprint density at radius 3 is 2.39 bits per heavy atom. The molecule has 0 saturated heterocycles. The largest absolute Gasteiger partial charge is 0.391 e. The molecule has 0 amide bonds.